The van der Waals surface area contributed by atoms with E-state index < -0.39 is 89.2 Å². The summed E-state index contributed by atoms with van der Waals surface area (Å²) in [5.74, 6) is -6.59. The van der Waals surface area contributed by atoms with E-state index >= 15 is 0 Å². The van der Waals surface area contributed by atoms with Gasteiger partial charge in [0.15, 0.2) is 0 Å². The van der Waals surface area contributed by atoms with Gasteiger partial charge in [0.05, 0.1) is 47.6 Å². The van der Waals surface area contributed by atoms with Crippen molar-refractivity contribution in [2.24, 2.45) is 34.3 Å². The fourth-order valence-corrected chi connectivity index (χ4v) is 9.53. The van der Waals surface area contributed by atoms with Crippen LogP contribution in [0.1, 0.15) is 116 Å². The van der Waals surface area contributed by atoms with Crippen molar-refractivity contribution in [3.63, 3.8) is 0 Å². The normalized spacial score (nSPS) is 14.6. The van der Waals surface area contributed by atoms with Crippen molar-refractivity contribution in [1.29, 1.82) is 0 Å². The number of imidazole rings is 1. The van der Waals surface area contributed by atoms with Crippen LogP contribution in [0.3, 0.4) is 0 Å². The van der Waals surface area contributed by atoms with Crippen molar-refractivity contribution in [1.82, 2.24) is 72.4 Å². The zero-order valence-corrected chi connectivity index (χ0v) is 47.9. The van der Waals surface area contributed by atoms with Gasteiger partial charge in [-0.15, -0.1) is 22.7 Å². The number of aromatic amines is 1. The van der Waals surface area contributed by atoms with E-state index in [4.69, 9.17) is 28.7 Å². The van der Waals surface area contributed by atoms with Gasteiger partial charge in [-0.3, -0.25) is 33.6 Å². The summed E-state index contributed by atoms with van der Waals surface area (Å²) >= 11 is 2.63. The first-order valence-electron chi connectivity index (χ1n) is 26.4. The number of anilines is 1. The van der Waals surface area contributed by atoms with Crippen LogP contribution >= 0.6 is 22.7 Å². The molecule has 4 aromatic heterocycles. The van der Waals surface area contributed by atoms with Crippen LogP contribution in [0.4, 0.5) is 5.82 Å². The van der Waals surface area contributed by atoms with Gasteiger partial charge in [-0.05, 0) is 77.7 Å². The lowest BCUT2D eigenvalue weighted by Crippen LogP contribution is -2.60. The van der Waals surface area contributed by atoms with E-state index in [2.05, 4.69) is 72.4 Å². The van der Waals surface area contributed by atoms with Crippen LogP contribution in [0.15, 0.2) is 23.3 Å². The van der Waals surface area contributed by atoms with Crippen molar-refractivity contribution in [3.05, 3.63) is 56.8 Å². The molecule has 0 unspecified atom stereocenters. The summed E-state index contributed by atoms with van der Waals surface area (Å²) in [6, 6.07) is -6.16. The number of nitrogens with one attached hydrogen (secondary N) is 9. The topological polar surface area (TPSA) is 467 Å². The Kier molecular flexibility index (Phi) is 26.8. The zero-order chi connectivity index (χ0) is 59.1. The maximum Gasteiger partial charge on any atom is 0.271 e. The number of carbonyl (C=O) groups is 7. The van der Waals surface area contributed by atoms with Crippen LogP contribution in [0, 0.1) is 18.3 Å². The predicted molar refractivity (Wildman–Crippen MR) is 302 cm³/mol. The number of aromatic nitrogens is 6. The number of unbranched alkanes of at least 4 members (excludes halogenated alkanes) is 1. The lowest BCUT2D eigenvalue weighted by molar-refractivity contribution is -0.137. The third kappa shape index (κ3) is 21.1. The Hall–Kier alpha value is -6.64. The zero-order valence-electron chi connectivity index (χ0n) is 46.2. The van der Waals surface area contributed by atoms with Crippen LogP contribution < -0.4 is 71.2 Å². The first kappa shape index (κ1) is 65.9. The largest absolute Gasteiger partial charge is 0.391 e. The number of nitrogen functional groups attached to an aromatic ring is 1. The van der Waals surface area contributed by atoms with Crippen LogP contribution in [0.5, 0.6) is 0 Å². The number of rotatable bonds is 36. The molecule has 0 aromatic carbocycles. The molecule has 4 aromatic rings. The average molecular weight is 1160 g/mol. The summed E-state index contributed by atoms with van der Waals surface area (Å²) in [6.07, 6.45) is 3.54. The molecule has 28 nitrogen and oxygen atoms in total. The van der Waals surface area contributed by atoms with Crippen LogP contribution in [0.25, 0.3) is 10.7 Å². The molecule has 0 bridgehead atoms. The third-order valence-electron chi connectivity index (χ3n) is 12.7. The lowest BCUT2D eigenvalue weighted by atomic mass is 9.79. The second-order valence-corrected chi connectivity index (χ2v) is 22.2. The molecular formula is C50H81N19O9S2. The van der Waals surface area contributed by atoms with Crippen molar-refractivity contribution in [2.45, 2.75) is 129 Å². The average Bonchev–Trinajstić information content (AvgIpc) is 4.24. The highest BCUT2D eigenvalue weighted by molar-refractivity contribution is 7.14. The second-order valence-electron chi connectivity index (χ2n) is 20.4. The van der Waals surface area contributed by atoms with Gasteiger partial charge in [-0.25, -0.2) is 24.9 Å². The van der Waals surface area contributed by atoms with E-state index in [1.807, 2.05) is 0 Å². The fourth-order valence-electron chi connectivity index (χ4n) is 7.91. The van der Waals surface area contributed by atoms with E-state index in [1.54, 1.807) is 31.5 Å². The molecule has 0 aliphatic heterocycles. The number of nitrogens with two attached hydrogens (primary N) is 5. The SMILES string of the molecule is Cc1c(N)nc([C@H](CC(N)=O)NC[C@H](N)C(N)=O)nc1C(=O)N[C@@H](Cc1cnc[nH]1)C(=O)N[C@@H]([C@@H](O)[C@H](C)C(=O)N[C@H](C(=O)NCCc1nc(-c2nc(C(=O)NCCCNCCCCNCCCN)cs2)cs1)[C@@H](C)O)C(C)(C)C. The first-order chi connectivity index (χ1) is 37.9. The minimum absolute atomic E-state index is 0.0935. The molecule has 8 atom stereocenters. The van der Waals surface area contributed by atoms with E-state index in [-0.39, 0.29) is 54.7 Å². The Morgan fingerprint density at radius 1 is 0.787 bits per heavy atom. The van der Waals surface area contributed by atoms with Gasteiger partial charge in [0.25, 0.3) is 11.8 Å². The number of nitrogens with zero attached hydrogens (tertiary/aromatic N) is 5. The molecule has 0 saturated carbocycles. The smallest absolute Gasteiger partial charge is 0.271 e. The standard InChI is InChI=1S/C50H81N19O9S2/c1-26-37(66-43(69-41(26)54)31(20-35(53)71)61-22-30(52)42(55)73)48(78)64-32(19-29-21-58-25-62-29)46(76)68-40(50(4,5)6)39(72)27(2)44(74)67-38(28(3)70)47(77)60-18-11-36-63-34(24-79-36)49-65-33(23-80-49)45(75)59-17-10-16-57-14-8-7-13-56-15-9-12-51/h21,23-25,27-28,30-32,38-40,56-57,61,70,72H,7-20,22,51-52H2,1-6H3,(H2,53,71)(H2,55,73)(H,58,62)(H,59,75)(H,60,77)(H,64,78)(H,67,74)(H,68,76)(H2,54,66,69)/t27-,28+,30-,31-,32-,38-,39-,40-/m0/s1. The van der Waals surface area contributed by atoms with Crippen LogP contribution in [-0.4, -0.2) is 170 Å². The summed E-state index contributed by atoms with van der Waals surface area (Å²) < 4.78 is 0. The Bertz CT molecular complexity index is 2650. The lowest BCUT2D eigenvalue weighted by Gasteiger charge is -2.38. The molecule has 442 valence electrons. The van der Waals surface area contributed by atoms with Gasteiger partial charge >= 0.3 is 0 Å². The maximum absolute atomic E-state index is 14.3. The Balaban J connectivity index is 1.34. The molecule has 0 fully saturated rings. The number of aliphatic hydroxyl groups is 2. The van der Waals surface area contributed by atoms with Crippen molar-refractivity contribution in [2.75, 3.05) is 58.1 Å². The van der Waals surface area contributed by atoms with Crippen molar-refractivity contribution < 1.29 is 43.8 Å². The maximum atomic E-state index is 14.3. The number of thiazole rings is 2. The first-order valence-corrected chi connectivity index (χ1v) is 28.2. The number of hydrogen-bond acceptors (Lipinski definition) is 22. The van der Waals surface area contributed by atoms with E-state index in [0.29, 0.717) is 46.6 Å². The third-order valence-corrected chi connectivity index (χ3v) is 14.5. The molecule has 21 N–H and O–H groups in total. The monoisotopic (exact) mass is 1160 g/mol. The van der Waals surface area contributed by atoms with Crippen molar-refractivity contribution in [3.8, 4) is 10.7 Å². The van der Waals surface area contributed by atoms with Crippen molar-refractivity contribution >= 4 is 69.8 Å². The number of hydrogen-bond donors (Lipinski definition) is 16. The number of amides is 7. The molecule has 30 heteroatoms. The molecule has 0 radical (unpaired) electrons. The van der Waals surface area contributed by atoms with Gasteiger partial charge in [0.1, 0.15) is 45.8 Å². The summed E-state index contributed by atoms with van der Waals surface area (Å²) in [4.78, 5) is 117. The Labute approximate surface area is 473 Å². The van der Waals surface area contributed by atoms with Crippen LogP contribution in [-0.2, 0) is 36.8 Å². The van der Waals surface area contributed by atoms with Gasteiger partial charge in [0.2, 0.25) is 29.5 Å². The van der Waals surface area contributed by atoms with Gasteiger partial charge in [0, 0.05) is 67.1 Å². The van der Waals surface area contributed by atoms with Gasteiger partial charge < -0.3 is 86.4 Å². The molecule has 0 spiro atoms. The number of primary amides is 2. The molecule has 7 amide bonds. The molecule has 4 heterocycles. The molecule has 0 aliphatic carbocycles. The highest BCUT2D eigenvalue weighted by Crippen LogP contribution is 2.28. The molecule has 4 rings (SSSR count). The molecule has 0 aliphatic rings. The number of aliphatic hydroxyl groups excluding tert-OH is 2. The van der Waals surface area contributed by atoms with Gasteiger partial charge in [-0.1, -0.05) is 27.7 Å². The molecule has 0 saturated heterocycles. The van der Waals surface area contributed by atoms with E-state index in [0.717, 1.165) is 51.9 Å². The summed E-state index contributed by atoms with van der Waals surface area (Å²) in [6.45, 7) is 14.0. The Morgan fingerprint density at radius 2 is 1.48 bits per heavy atom. The molecular weight excluding hydrogens is 1070 g/mol. The summed E-state index contributed by atoms with van der Waals surface area (Å²) in [5, 5.41) is 50.5. The molecule has 80 heavy (non-hydrogen) atoms. The minimum Gasteiger partial charge on any atom is -0.391 e. The van der Waals surface area contributed by atoms with E-state index in [9.17, 15) is 43.8 Å². The Morgan fingerprint density at radius 3 is 2.10 bits per heavy atom. The summed E-state index contributed by atoms with van der Waals surface area (Å²) in [7, 11) is 0. The van der Waals surface area contributed by atoms with Gasteiger partial charge in [-0.2, -0.15) is 0 Å². The second kappa shape index (κ2) is 32.6. The number of carbonyl (C=O) groups excluding carboxylic acids is 7. The summed E-state index contributed by atoms with van der Waals surface area (Å²) in [5.41, 5.74) is 28.5. The fraction of sp³-hybridized carbons (Fsp3) is 0.600. The quantitative estimate of drug-likeness (QED) is 0.0210. The predicted octanol–water partition coefficient (Wildman–Crippen LogP) is -2.49. The van der Waals surface area contributed by atoms with E-state index in [1.165, 1.54) is 56.0 Å². The number of H-pyrrole nitrogens is 1. The highest BCUT2D eigenvalue weighted by atomic mass is 32.1. The minimum atomic E-state index is -1.58. The highest BCUT2D eigenvalue weighted by Gasteiger charge is 2.41. The van der Waals surface area contributed by atoms with Crippen LogP contribution in [0.2, 0.25) is 0 Å².